The highest BCUT2D eigenvalue weighted by Gasteiger charge is 2.21. The fourth-order valence-electron chi connectivity index (χ4n) is 2.37. The van der Waals surface area contributed by atoms with Gasteiger partial charge in [-0.2, -0.15) is 5.10 Å². The van der Waals surface area contributed by atoms with Gasteiger partial charge in [0.1, 0.15) is 11.2 Å². The molecule has 2 aromatic rings. The van der Waals surface area contributed by atoms with Crippen molar-refractivity contribution < 1.29 is 9.18 Å². The normalized spacial score (nSPS) is 16.6. The number of amides is 1. The van der Waals surface area contributed by atoms with E-state index in [-0.39, 0.29) is 11.4 Å². The highest BCUT2D eigenvalue weighted by molar-refractivity contribution is 6.04. The second-order valence-electron chi connectivity index (χ2n) is 4.63. The van der Waals surface area contributed by atoms with E-state index in [1.165, 1.54) is 6.07 Å². The van der Waals surface area contributed by atoms with Crippen LogP contribution < -0.4 is 5.32 Å². The van der Waals surface area contributed by atoms with Gasteiger partial charge in [0.15, 0.2) is 5.82 Å². The minimum absolute atomic E-state index is 0.114. The topological polar surface area (TPSA) is 61.0 Å². The van der Waals surface area contributed by atoms with Gasteiger partial charge in [0.05, 0.1) is 0 Å². The van der Waals surface area contributed by atoms with E-state index in [1.54, 1.807) is 17.0 Å². The Morgan fingerprint density at radius 2 is 2.21 bits per heavy atom. The molecule has 1 aliphatic heterocycles. The molecule has 6 heteroatoms. The number of nitrogens with one attached hydrogen (secondary N) is 2. The van der Waals surface area contributed by atoms with E-state index >= 15 is 0 Å². The van der Waals surface area contributed by atoms with Gasteiger partial charge in [-0.25, -0.2) is 4.39 Å². The maximum absolute atomic E-state index is 13.6. The second kappa shape index (κ2) is 4.97. The van der Waals surface area contributed by atoms with Crippen molar-refractivity contribution in [2.45, 2.75) is 6.42 Å². The van der Waals surface area contributed by atoms with E-state index in [2.05, 4.69) is 15.5 Å². The van der Waals surface area contributed by atoms with Crippen molar-refractivity contribution >= 4 is 16.8 Å². The van der Waals surface area contributed by atoms with Crippen LogP contribution in [0.5, 0.6) is 0 Å². The summed E-state index contributed by atoms with van der Waals surface area (Å²) < 4.78 is 13.6. The van der Waals surface area contributed by atoms with Crippen LogP contribution in [0.1, 0.15) is 16.9 Å². The summed E-state index contributed by atoms with van der Waals surface area (Å²) in [6.07, 6.45) is 0.923. The van der Waals surface area contributed by atoms with E-state index in [9.17, 15) is 9.18 Å². The van der Waals surface area contributed by atoms with Crippen molar-refractivity contribution in [3.63, 3.8) is 0 Å². The molecular weight excluding hydrogens is 247 g/mol. The number of hydrogen-bond acceptors (Lipinski definition) is 3. The summed E-state index contributed by atoms with van der Waals surface area (Å²) in [5.41, 5.74) is 0.593. The number of carbonyl (C=O) groups excluding carboxylic acids is 1. The van der Waals surface area contributed by atoms with Gasteiger partial charge in [0.2, 0.25) is 0 Å². The lowest BCUT2D eigenvalue weighted by atomic mass is 10.2. The zero-order valence-corrected chi connectivity index (χ0v) is 10.4. The number of aromatic nitrogens is 2. The van der Waals surface area contributed by atoms with Gasteiger partial charge >= 0.3 is 0 Å². The monoisotopic (exact) mass is 262 g/mol. The van der Waals surface area contributed by atoms with Crippen molar-refractivity contribution in [3.05, 3.63) is 29.7 Å². The molecule has 1 amide bonds. The van der Waals surface area contributed by atoms with Gasteiger partial charge in [-0.15, -0.1) is 0 Å². The maximum Gasteiger partial charge on any atom is 0.272 e. The largest absolute Gasteiger partial charge is 0.336 e. The Bertz CT molecular complexity index is 602. The fourth-order valence-corrected chi connectivity index (χ4v) is 2.37. The van der Waals surface area contributed by atoms with Crippen LogP contribution in [-0.4, -0.2) is 47.2 Å². The Labute approximate surface area is 109 Å². The third-order valence-electron chi connectivity index (χ3n) is 3.38. The lowest BCUT2D eigenvalue weighted by Crippen LogP contribution is -2.34. The van der Waals surface area contributed by atoms with Crippen molar-refractivity contribution in [2.24, 2.45) is 0 Å². The fraction of sp³-hybridized carbons (Fsp3) is 0.385. The molecule has 0 radical (unpaired) electrons. The first-order chi connectivity index (χ1) is 9.27. The quantitative estimate of drug-likeness (QED) is 0.810. The number of hydrogen-bond donors (Lipinski definition) is 2. The number of halogens is 1. The first kappa shape index (κ1) is 12.1. The van der Waals surface area contributed by atoms with Gasteiger partial charge in [-0.3, -0.25) is 9.89 Å². The predicted molar refractivity (Wildman–Crippen MR) is 69.4 cm³/mol. The highest BCUT2D eigenvalue weighted by atomic mass is 19.1. The summed E-state index contributed by atoms with van der Waals surface area (Å²) in [7, 11) is 0. The standard InChI is InChI=1S/C13H15FN4O/c14-10-4-1-3-9-11(10)16-17-12(9)13(19)18-7-2-5-15-6-8-18/h1,3-4,15H,2,5-8H2,(H,16,17). The molecule has 5 nitrogen and oxygen atoms in total. The summed E-state index contributed by atoms with van der Waals surface area (Å²) >= 11 is 0. The number of rotatable bonds is 1. The summed E-state index contributed by atoms with van der Waals surface area (Å²) in [5.74, 6) is -0.526. The van der Waals surface area contributed by atoms with E-state index in [1.807, 2.05) is 0 Å². The van der Waals surface area contributed by atoms with E-state index in [0.29, 0.717) is 24.2 Å². The van der Waals surface area contributed by atoms with E-state index in [4.69, 9.17) is 0 Å². The van der Waals surface area contributed by atoms with Gasteiger partial charge in [-0.1, -0.05) is 12.1 Å². The molecule has 3 rings (SSSR count). The molecule has 0 saturated carbocycles. The highest BCUT2D eigenvalue weighted by Crippen LogP contribution is 2.20. The zero-order valence-electron chi connectivity index (χ0n) is 10.4. The molecule has 1 fully saturated rings. The predicted octanol–water partition coefficient (Wildman–Crippen LogP) is 1.14. The number of aromatic amines is 1. The van der Waals surface area contributed by atoms with E-state index in [0.717, 1.165) is 19.5 Å². The van der Waals surface area contributed by atoms with Gasteiger partial charge in [0.25, 0.3) is 5.91 Å². The molecule has 0 atom stereocenters. The van der Waals surface area contributed by atoms with Crippen LogP contribution in [0.25, 0.3) is 10.9 Å². The lowest BCUT2D eigenvalue weighted by Gasteiger charge is -2.18. The molecule has 0 unspecified atom stereocenters. The molecule has 2 heterocycles. The molecule has 1 aromatic carbocycles. The SMILES string of the molecule is O=C(c1[nH]nc2c(F)cccc12)N1CCCNCC1. The van der Waals surface area contributed by atoms with Crippen molar-refractivity contribution in [1.82, 2.24) is 20.4 Å². The minimum Gasteiger partial charge on any atom is -0.336 e. The Hall–Kier alpha value is -1.95. The molecule has 0 aliphatic carbocycles. The average molecular weight is 262 g/mol. The van der Waals surface area contributed by atoms with Crippen LogP contribution in [0.4, 0.5) is 4.39 Å². The van der Waals surface area contributed by atoms with Crippen molar-refractivity contribution in [2.75, 3.05) is 26.2 Å². The second-order valence-corrected chi connectivity index (χ2v) is 4.63. The Morgan fingerprint density at radius 3 is 3.11 bits per heavy atom. The Morgan fingerprint density at radius 1 is 1.32 bits per heavy atom. The molecule has 1 aliphatic rings. The van der Waals surface area contributed by atoms with Crippen molar-refractivity contribution in [1.29, 1.82) is 0 Å². The van der Waals surface area contributed by atoms with Gasteiger partial charge in [-0.05, 0) is 19.0 Å². The molecule has 1 saturated heterocycles. The maximum atomic E-state index is 13.6. The number of carbonyl (C=O) groups is 1. The van der Waals surface area contributed by atoms with Gasteiger partial charge in [0, 0.05) is 25.0 Å². The van der Waals surface area contributed by atoms with Crippen LogP contribution in [0, 0.1) is 5.82 Å². The summed E-state index contributed by atoms with van der Waals surface area (Å²) in [6.45, 7) is 3.07. The zero-order chi connectivity index (χ0) is 13.2. The Balaban J connectivity index is 1.95. The number of fused-ring (bicyclic) bond motifs is 1. The number of benzene rings is 1. The summed E-state index contributed by atoms with van der Waals surface area (Å²) in [5, 5.41) is 10.4. The minimum atomic E-state index is -0.412. The first-order valence-corrected chi connectivity index (χ1v) is 6.40. The first-order valence-electron chi connectivity index (χ1n) is 6.40. The number of H-pyrrole nitrogens is 1. The molecule has 0 spiro atoms. The third kappa shape index (κ3) is 2.19. The third-order valence-corrected chi connectivity index (χ3v) is 3.38. The Kier molecular flexibility index (Phi) is 3.16. The van der Waals surface area contributed by atoms with Gasteiger partial charge < -0.3 is 10.2 Å². The smallest absolute Gasteiger partial charge is 0.272 e. The van der Waals surface area contributed by atoms with Crippen LogP contribution in [-0.2, 0) is 0 Å². The molecule has 2 N–H and O–H groups in total. The van der Waals surface area contributed by atoms with Crippen LogP contribution >= 0.6 is 0 Å². The summed E-state index contributed by atoms with van der Waals surface area (Å²) in [4.78, 5) is 14.2. The molecular formula is C13H15FN4O. The molecule has 100 valence electrons. The summed E-state index contributed by atoms with van der Waals surface area (Å²) in [6, 6.07) is 4.65. The van der Waals surface area contributed by atoms with Crippen LogP contribution in [0.2, 0.25) is 0 Å². The van der Waals surface area contributed by atoms with Crippen LogP contribution in [0.15, 0.2) is 18.2 Å². The number of nitrogens with zero attached hydrogens (tertiary/aromatic N) is 2. The molecule has 19 heavy (non-hydrogen) atoms. The van der Waals surface area contributed by atoms with Crippen molar-refractivity contribution in [3.8, 4) is 0 Å². The molecule has 1 aromatic heterocycles. The van der Waals surface area contributed by atoms with Crippen LogP contribution in [0.3, 0.4) is 0 Å². The lowest BCUT2D eigenvalue weighted by molar-refractivity contribution is 0.0762. The average Bonchev–Trinajstić information content (AvgIpc) is 2.67. The number of para-hydroxylation sites is 1. The van der Waals surface area contributed by atoms with E-state index < -0.39 is 5.82 Å². The molecule has 0 bridgehead atoms.